The van der Waals surface area contributed by atoms with Crippen molar-refractivity contribution in [1.29, 1.82) is 0 Å². The highest BCUT2D eigenvalue weighted by molar-refractivity contribution is 5.84. The van der Waals surface area contributed by atoms with E-state index in [1.165, 1.54) is 0 Å². The van der Waals surface area contributed by atoms with Crippen LogP contribution in [0.5, 0.6) is 0 Å². The number of anilines is 2. The predicted molar refractivity (Wildman–Crippen MR) is 87.8 cm³/mol. The Morgan fingerprint density at radius 1 is 1.29 bits per heavy atom. The minimum absolute atomic E-state index is 0.630. The molecule has 0 radical (unpaired) electrons. The number of aromatic amines is 1. The van der Waals surface area contributed by atoms with Gasteiger partial charge in [0, 0.05) is 19.6 Å². The average Bonchev–Trinajstić information content (AvgIpc) is 2.97. The molecular formula is C15H26N6. The van der Waals surface area contributed by atoms with E-state index in [1.807, 2.05) is 0 Å². The van der Waals surface area contributed by atoms with Crippen LogP contribution in [0.15, 0.2) is 6.33 Å². The lowest BCUT2D eigenvalue weighted by Crippen LogP contribution is -2.29. The summed E-state index contributed by atoms with van der Waals surface area (Å²) in [5, 5.41) is 3.26. The molecule has 21 heavy (non-hydrogen) atoms. The largest absolute Gasteiger partial charge is 0.355 e. The van der Waals surface area contributed by atoms with Crippen LogP contribution in [0.3, 0.4) is 0 Å². The SMILES string of the molecule is CCCNc1nc(N(CC)CC(C)CC)c2[nH]cnc2n1. The number of hydrogen-bond acceptors (Lipinski definition) is 5. The van der Waals surface area contributed by atoms with Gasteiger partial charge in [-0.2, -0.15) is 9.97 Å². The first-order valence-corrected chi connectivity index (χ1v) is 7.89. The quantitative estimate of drug-likeness (QED) is 0.782. The molecule has 0 aliphatic rings. The van der Waals surface area contributed by atoms with E-state index in [9.17, 15) is 0 Å². The summed E-state index contributed by atoms with van der Waals surface area (Å²) in [6.45, 7) is 11.6. The zero-order chi connectivity index (χ0) is 15.2. The second kappa shape index (κ2) is 7.24. The van der Waals surface area contributed by atoms with Gasteiger partial charge in [0.2, 0.25) is 5.95 Å². The average molecular weight is 290 g/mol. The number of fused-ring (bicyclic) bond motifs is 1. The Hall–Kier alpha value is -1.85. The van der Waals surface area contributed by atoms with E-state index in [2.05, 4.69) is 52.9 Å². The number of hydrogen-bond donors (Lipinski definition) is 2. The number of rotatable bonds is 8. The highest BCUT2D eigenvalue weighted by atomic mass is 15.2. The molecule has 0 aliphatic carbocycles. The van der Waals surface area contributed by atoms with Crippen molar-refractivity contribution < 1.29 is 0 Å². The third-order valence-corrected chi connectivity index (χ3v) is 3.71. The molecule has 6 nitrogen and oxygen atoms in total. The summed E-state index contributed by atoms with van der Waals surface area (Å²) in [6.07, 6.45) is 3.89. The lowest BCUT2D eigenvalue weighted by molar-refractivity contribution is 0.546. The van der Waals surface area contributed by atoms with Crippen LogP contribution in [0.4, 0.5) is 11.8 Å². The van der Waals surface area contributed by atoms with Gasteiger partial charge in [0.25, 0.3) is 0 Å². The third-order valence-electron chi connectivity index (χ3n) is 3.71. The third kappa shape index (κ3) is 3.62. The number of H-pyrrole nitrogens is 1. The summed E-state index contributed by atoms with van der Waals surface area (Å²) in [6, 6.07) is 0. The van der Waals surface area contributed by atoms with Crippen LogP contribution in [0.25, 0.3) is 11.2 Å². The van der Waals surface area contributed by atoms with Gasteiger partial charge in [-0.25, -0.2) is 4.98 Å². The maximum atomic E-state index is 4.70. The van der Waals surface area contributed by atoms with Crippen LogP contribution in [-0.4, -0.2) is 39.6 Å². The van der Waals surface area contributed by atoms with Gasteiger partial charge in [-0.05, 0) is 19.3 Å². The monoisotopic (exact) mass is 290 g/mol. The number of aromatic nitrogens is 4. The zero-order valence-electron chi connectivity index (χ0n) is 13.5. The normalized spacial score (nSPS) is 12.6. The molecule has 1 unspecified atom stereocenters. The van der Waals surface area contributed by atoms with Crippen molar-refractivity contribution in [1.82, 2.24) is 19.9 Å². The van der Waals surface area contributed by atoms with Gasteiger partial charge >= 0.3 is 0 Å². The Morgan fingerprint density at radius 3 is 2.76 bits per heavy atom. The van der Waals surface area contributed by atoms with Gasteiger partial charge in [-0.15, -0.1) is 0 Å². The molecule has 2 N–H and O–H groups in total. The molecule has 0 bridgehead atoms. The van der Waals surface area contributed by atoms with Gasteiger partial charge in [-0.3, -0.25) is 0 Å². The fourth-order valence-corrected chi connectivity index (χ4v) is 2.23. The maximum absolute atomic E-state index is 4.70. The highest BCUT2D eigenvalue weighted by Crippen LogP contribution is 2.23. The molecule has 0 aliphatic heterocycles. The minimum atomic E-state index is 0.630. The first kappa shape index (κ1) is 15.5. The van der Waals surface area contributed by atoms with Crippen LogP contribution in [0.1, 0.15) is 40.5 Å². The molecule has 0 aromatic carbocycles. The van der Waals surface area contributed by atoms with Gasteiger partial charge in [0.15, 0.2) is 11.5 Å². The summed E-state index contributed by atoms with van der Waals surface area (Å²) in [5.41, 5.74) is 1.64. The summed E-state index contributed by atoms with van der Waals surface area (Å²) < 4.78 is 0. The van der Waals surface area contributed by atoms with Crippen LogP contribution in [0, 0.1) is 5.92 Å². The van der Waals surface area contributed by atoms with Crippen LogP contribution >= 0.6 is 0 Å². The molecule has 2 heterocycles. The second-order valence-electron chi connectivity index (χ2n) is 5.45. The van der Waals surface area contributed by atoms with Crippen LogP contribution < -0.4 is 10.2 Å². The van der Waals surface area contributed by atoms with Crippen molar-refractivity contribution in [3.63, 3.8) is 0 Å². The van der Waals surface area contributed by atoms with Gasteiger partial charge in [0.1, 0.15) is 5.52 Å². The lowest BCUT2D eigenvalue weighted by atomic mass is 10.1. The van der Waals surface area contributed by atoms with Crippen molar-refractivity contribution >= 4 is 22.9 Å². The van der Waals surface area contributed by atoms with Gasteiger partial charge in [-0.1, -0.05) is 27.2 Å². The van der Waals surface area contributed by atoms with Crippen molar-refractivity contribution in [3.05, 3.63) is 6.33 Å². The van der Waals surface area contributed by atoms with E-state index in [4.69, 9.17) is 4.98 Å². The van der Waals surface area contributed by atoms with Crippen molar-refractivity contribution in [2.45, 2.75) is 40.5 Å². The van der Waals surface area contributed by atoms with Gasteiger partial charge in [0.05, 0.1) is 6.33 Å². The molecular weight excluding hydrogens is 264 g/mol. The Morgan fingerprint density at radius 2 is 2.10 bits per heavy atom. The van der Waals surface area contributed by atoms with E-state index in [0.717, 1.165) is 49.5 Å². The summed E-state index contributed by atoms with van der Waals surface area (Å²) >= 11 is 0. The maximum Gasteiger partial charge on any atom is 0.226 e. The fourth-order valence-electron chi connectivity index (χ4n) is 2.23. The van der Waals surface area contributed by atoms with Crippen molar-refractivity contribution in [2.24, 2.45) is 5.92 Å². The first-order valence-electron chi connectivity index (χ1n) is 7.89. The molecule has 0 fully saturated rings. The first-order chi connectivity index (χ1) is 10.2. The van der Waals surface area contributed by atoms with E-state index >= 15 is 0 Å². The van der Waals surface area contributed by atoms with E-state index in [-0.39, 0.29) is 0 Å². The Balaban J connectivity index is 2.36. The molecule has 0 saturated carbocycles. The Kier molecular flexibility index (Phi) is 5.36. The Labute approximate surface area is 126 Å². The van der Waals surface area contributed by atoms with E-state index < -0.39 is 0 Å². The molecule has 116 valence electrons. The molecule has 2 aromatic heterocycles. The summed E-state index contributed by atoms with van der Waals surface area (Å²) in [5.74, 6) is 2.23. The molecule has 0 amide bonds. The Bertz CT molecular complexity index is 564. The fraction of sp³-hybridized carbons (Fsp3) is 0.667. The summed E-state index contributed by atoms with van der Waals surface area (Å²) in [4.78, 5) is 18.9. The minimum Gasteiger partial charge on any atom is -0.355 e. The molecule has 0 saturated heterocycles. The van der Waals surface area contributed by atoms with Crippen molar-refractivity contribution in [2.75, 3.05) is 29.9 Å². The van der Waals surface area contributed by atoms with Crippen molar-refractivity contribution in [3.8, 4) is 0 Å². The molecule has 1 atom stereocenters. The van der Waals surface area contributed by atoms with Crippen LogP contribution in [-0.2, 0) is 0 Å². The summed E-state index contributed by atoms with van der Waals surface area (Å²) in [7, 11) is 0. The number of nitrogens with one attached hydrogen (secondary N) is 2. The molecule has 2 rings (SSSR count). The second-order valence-corrected chi connectivity index (χ2v) is 5.45. The van der Waals surface area contributed by atoms with E-state index in [0.29, 0.717) is 11.9 Å². The van der Waals surface area contributed by atoms with Crippen LogP contribution in [0.2, 0.25) is 0 Å². The number of imidazole rings is 1. The predicted octanol–water partition coefficient (Wildman–Crippen LogP) is 3.05. The highest BCUT2D eigenvalue weighted by Gasteiger charge is 2.16. The molecule has 0 spiro atoms. The standard InChI is InChI=1S/C15H26N6/c1-5-8-16-15-19-13-12(17-10-18-13)14(20-15)21(7-3)9-11(4)6-2/h10-11H,5-9H2,1-4H3,(H2,16,17,18,19,20). The topological polar surface area (TPSA) is 69.7 Å². The van der Waals surface area contributed by atoms with Gasteiger partial charge < -0.3 is 15.2 Å². The van der Waals surface area contributed by atoms with E-state index in [1.54, 1.807) is 6.33 Å². The lowest BCUT2D eigenvalue weighted by Gasteiger charge is -2.25. The smallest absolute Gasteiger partial charge is 0.226 e. The zero-order valence-corrected chi connectivity index (χ0v) is 13.5. The number of nitrogens with zero attached hydrogens (tertiary/aromatic N) is 4. The molecule has 6 heteroatoms. The molecule has 2 aromatic rings.